The Balaban J connectivity index is 0.000000191. The fraction of sp³-hybridized carbons (Fsp3) is 0.0465. The second-order valence-electron chi connectivity index (χ2n) is 11.8. The zero-order valence-corrected chi connectivity index (χ0v) is 38.2. The van der Waals surface area contributed by atoms with Crippen LogP contribution in [0.15, 0.2) is 158 Å². The molecule has 7 aromatic carbocycles. The molecule has 0 radical (unpaired) electrons. The molecule has 15 heteroatoms. The first-order valence-electron chi connectivity index (χ1n) is 16.8. The summed E-state index contributed by atoms with van der Waals surface area (Å²) in [6, 6.07) is 41.1. The summed E-state index contributed by atoms with van der Waals surface area (Å²) >= 11 is 41.2. The number of rotatable bonds is 9. The molecule has 58 heavy (non-hydrogen) atoms. The highest BCUT2D eigenvalue weighted by molar-refractivity contribution is 8.00. The van der Waals surface area contributed by atoms with Crippen molar-refractivity contribution in [1.29, 1.82) is 0 Å². The Bertz CT molecular complexity index is 2510. The van der Waals surface area contributed by atoms with E-state index in [2.05, 4.69) is 6.07 Å². The number of halogens is 7. The first-order chi connectivity index (χ1) is 27.3. The van der Waals surface area contributed by atoms with Crippen LogP contribution in [0.1, 0.15) is 10.4 Å². The number of fused-ring (bicyclic) bond motifs is 1. The highest BCUT2D eigenvalue weighted by Crippen LogP contribution is 2.42. The van der Waals surface area contributed by atoms with Gasteiger partial charge in [-0.15, -0.1) is 24.2 Å². The molecule has 0 fully saturated rings. The van der Waals surface area contributed by atoms with E-state index in [-0.39, 0.29) is 18.2 Å². The number of nitrogen functional groups attached to an aromatic ring is 3. The maximum Gasteiger partial charge on any atom is 0.173 e. The van der Waals surface area contributed by atoms with Crippen LogP contribution in [0.3, 0.4) is 0 Å². The van der Waals surface area contributed by atoms with Gasteiger partial charge in [0, 0.05) is 53.7 Å². The number of ketones is 1. The third kappa shape index (κ3) is 13.1. The van der Waals surface area contributed by atoms with E-state index in [0.29, 0.717) is 53.5 Å². The minimum Gasteiger partial charge on any atom is -0.495 e. The molecule has 0 bridgehead atoms. The van der Waals surface area contributed by atoms with Crippen LogP contribution in [-0.4, -0.2) is 18.6 Å². The SMILES string of the molecule is COc1cc(N)ccc1Sc1cccc(Cl)c1Cl.Cl.Nc1cc(Cl)c(Cl)c(SCC(=O)c2ccccc2)c1.Nc1ccc(Sc2ccc3ccccc3c2Cl)c(Cl)c1. The van der Waals surface area contributed by atoms with E-state index in [1.807, 2.05) is 84.9 Å². The Morgan fingerprint density at radius 3 is 1.83 bits per heavy atom. The van der Waals surface area contributed by atoms with Crippen LogP contribution in [0.2, 0.25) is 30.1 Å². The molecular formula is C43H34Cl7N3O2S3. The predicted molar refractivity (Wildman–Crippen MR) is 257 cm³/mol. The van der Waals surface area contributed by atoms with Crippen LogP contribution in [0, 0.1) is 0 Å². The van der Waals surface area contributed by atoms with Crippen molar-refractivity contribution in [3.63, 3.8) is 0 Å². The van der Waals surface area contributed by atoms with Crippen LogP contribution in [0.4, 0.5) is 17.1 Å². The van der Waals surface area contributed by atoms with E-state index in [9.17, 15) is 4.79 Å². The van der Waals surface area contributed by atoms with Crippen molar-refractivity contribution in [3.05, 3.63) is 169 Å². The van der Waals surface area contributed by atoms with E-state index in [1.165, 1.54) is 23.5 Å². The zero-order valence-electron chi connectivity index (χ0n) is 30.4. The van der Waals surface area contributed by atoms with Gasteiger partial charge in [0.1, 0.15) is 5.75 Å². The Morgan fingerprint density at radius 2 is 1.12 bits per heavy atom. The minimum atomic E-state index is 0. The largest absolute Gasteiger partial charge is 0.495 e. The number of ether oxygens (including phenoxy) is 1. The van der Waals surface area contributed by atoms with Crippen molar-refractivity contribution >= 4 is 151 Å². The second-order valence-corrected chi connectivity index (χ2v) is 17.4. The third-order valence-electron chi connectivity index (χ3n) is 7.80. The summed E-state index contributed by atoms with van der Waals surface area (Å²) in [5.74, 6) is 1.06. The van der Waals surface area contributed by atoms with Crippen LogP contribution in [0.5, 0.6) is 5.75 Å². The zero-order chi connectivity index (χ0) is 41.1. The van der Waals surface area contributed by atoms with E-state index in [1.54, 1.807) is 61.3 Å². The van der Waals surface area contributed by atoms with Crippen molar-refractivity contribution in [2.24, 2.45) is 0 Å². The third-order valence-corrected chi connectivity index (χ3v) is 13.9. The van der Waals surface area contributed by atoms with E-state index in [4.69, 9.17) is 91.5 Å². The fourth-order valence-corrected chi connectivity index (χ4v) is 9.42. The molecule has 0 aromatic heterocycles. The van der Waals surface area contributed by atoms with Crippen molar-refractivity contribution < 1.29 is 9.53 Å². The van der Waals surface area contributed by atoms with Crippen molar-refractivity contribution in [3.8, 4) is 5.75 Å². The lowest BCUT2D eigenvalue weighted by atomic mass is 10.1. The van der Waals surface area contributed by atoms with Crippen LogP contribution < -0.4 is 21.9 Å². The topological polar surface area (TPSA) is 104 Å². The Labute approximate surface area is 386 Å². The van der Waals surface area contributed by atoms with Crippen molar-refractivity contribution in [2.75, 3.05) is 30.1 Å². The van der Waals surface area contributed by atoms with Gasteiger partial charge >= 0.3 is 0 Å². The molecule has 0 aliphatic heterocycles. The number of hydrogen-bond donors (Lipinski definition) is 3. The van der Waals surface area contributed by atoms with Crippen molar-refractivity contribution in [2.45, 2.75) is 24.5 Å². The van der Waals surface area contributed by atoms with Gasteiger partial charge in [-0.1, -0.05) is 160 Å². The summed E-state index contributed by atoms with van der Waals surface area (Å²) in [5, 5.41) is 5.48. The molecule has 0 unspecified atom stereocenters. The summed E-state index contributed by atoms with van der Waals surface area (Å²) in [7, 11) is 1.61. The molecule has 0 spiro atoms. The summed E-state index contributed by atoms with van der Waals surface area (Å²) in [6.45, 7) is 0. The number of carbonyl (C=O) groups is 1. The summed E-state index contributed by atoms with van der Waals surface area (Å²) in [4.78, 5) is 16.4. The summed E-state index contributed by atoms with van der Waals surface area (Å²) in [6.07, 6.45) is 0. The quantitative estimate of drug-likeness (QED) is 0.0747. The van der Waals surface area contributed by atoms with Gasteiger partial charge in [-0.2, -0.15) is 0 Å². The lowest BCUT2D eigenvalue weighted by Gasteiger charge is -2.10. The van der Waals surface area contributed by atoms with Gasteiger partial charge in [0.25, 0.3) is 0 Å². The number of benzene rings is 7. The molecule has 0 aliphatic carbocycles. The Kier molecular flexibility index (Phi) is 18.8. The standard InChI is InChI=1S/C16H11Cl2NS.C14H11Cl2NOS.C13H11Cl2NOS.ClH/c17-13-9-11(19)6-8-14(13)20-15-7-5-10-3-1-2-4-12(10)16(15)18;15-11-6-10(17)7-13(14(11)16)19-8-12(18)9-4-2-1-3-5-9;1-17-10-7-8(16)5-6-11(10)18-12-4-2-3-9(14)13(12)15;/h1-9H,19H2;1-7H,8,17H2;2-7H,16H2,1H3;1H. The molecule has 0 saturated heterocycles. The molecule has 0 aliphatic rings. The van der Waals surface area contributed by atoms with Crippen LogP contribution in [0.25, 0.3) is 10.8 Å². The lowest BCUT2D eigenvalue weighted by Crippen LogP contribution is -2.02. The number of nitrogens with two attached hydrogens (primary N) is 3. The molecule has 7 aromatic rings. The Hall–Kier alpha value is -3.25. The fourth-order valence-electron chi connectivity index (χ4n) is 5.00. The molecule has 6 N–H and O–H groups in total. The average molecular weight is 969 g/mol. The van der Waals surface area contributed by atoms with E-state index in [0.717, 1.165) is 46.0 Å². The normalized spacial score (nSPS) is 10.4. The first-order valence-corrected chi connectivity index (χ1v) is 21.6. The van der Waals surface area contributed by atoms with E-state index >= 15 is 0 Å². The molecule has 5 nitrogen and oxygen atoms in total. The van der Waals surface area contributed by atoms with Crippen molar-refractivity contribution in [1.82, 2.24) is 0 Å². The van der Waals surface area contributed by atoms with Gasteiger partial charge in [0.2, 0.25) is 0 Å². The summed E-state index contributed by atoms with van der Waals surface area (Å²) < 4.78 is 5.29. The smallest absolute Gasteiger partial charge is 0.173 e. The van der Waals surface area contributed by atoms with Gasteiger partial charge < -0.3 is 21.9 Å². The number of thioether (sulfide) groups is 1. The molecule has 7 rings (SSSR count). The Morgan fingerprint density at radius 1 is 0.534 bits per heavy atom. The second kappa shape index (κ2) is 22.9. The summed E-state index contributed by atoms with van der Waals surface area (Å²) in [5.41, 5.74) is 19.7. The highest BCUT2D eigenvalue weighted by atomic mass is 35.5. The van der Waals surface area contributed by atoms with E-state index < -0.39 is 0 Å². The predicted octanol–water partition coefficient (Wildman–Crippen LogP) is 15.6. The van der Waals surface area contributed by atoms with Gasteiger partial charge in [-0.05, 0) is 66.0 Å². The number of Topliss-reactive ketones (excluding diaryl/α,β-unsaturated/α-hetero) is 1. The van der Waals surface area contributed by atoms with Crippen LogP contribution in [-0.2, 0) is 0 Å². The van der Waals surface area contributed by atoms with Crippen LogP contribution >= 0.6 is 117 Å². The number of hydrogen-bond acceptors (Lipinski definition) is 8. The lowest BCUT2D eigenvalue weighted by molar-refractivity contribution is 0.102. The molecule has 0 amide bonds. The molecule has 0 atom stereocenters. The first kappa shape index (κ1) is 47.4. The number of anilines is 3. The van der Waals surface area contributed by atoms with Gasteiger partial charge in [0.15, 0.2) is 5.78 Å². The minimum absolute atomic E-state index is 0. The molecule has 0 saturated carbocycles. The van der Waals surface area contributed by atoms with Gasteiger partial charge in [0.05, 0.1) is 47.9 Å². The van der Waals surface area contributed by atoms with Gasteiger partial charge in [-0.25, -0.2) is 0 Å². The molecule has 300 valence electrons. The highest BCUT2D eigenvalue weighted by Gasteiger charge is 2.13. The maximum absolute atomic E-state index is 12.0. The number of methoxy groups -OCH3 is 1. The average Bonchev–Trinajstić information content (AvgIpc) is 3.20. The maximum atomic E-state index is 12.0. The molecule has 0 heterocycles. The number of carbonyl (C=O) groups excluding carboxylic acids is 1. The molecular weight excluding hydrogens is 935 g/mol. The monoisotopic (exact) mass is 965 g/mol. The van der Waals surface area contributed by atoms with Gasteiger partial charge in [-0.3, -0.25) is 4.79 Å².